The van der Waals surface area contributed by atoms with E-state index in [2.05, 4.69) is 5.32 Å². The molecule has 0 bridgehead atoms. The lowest BCUT2D eigenvalue weighted by molar-refractivity contribution is -0.136. The molecule has 0 aromatic carbocycles. The molecule has 0 unspecified atom stereocenters. The second kappa shape index (κ2) is 5.58. The van der Waals surface area contributed by atoms with Crippen LogP contribution in [0.15, 0.2) is 0 Å². The number of nitrogens with one attached hydrogen (secondary N) is 1. The predicted molar refractivity (Wildman–Crippen MR) is 55.7 cm³/mol. The molecule has 15 heavy (non-hydrogen) atoms. The fourth-order valence-electron chi connectivity index (χ4n) is 1.45. The first-order valence-electron chi connectivity index (χ1n) is 5.41. The van der Waals surface area contributed by atoms with Crippen molar-refractivity contribution >= 4 is 12.0 Å². The zero-order valence-corrected chi connectivity index (χ0v) is 9.03. The third-order valence-electron chi connectivity index (χ3n) is 2.33. The molecule has 86 valence electrons. The molecule has 1 saturated carbocycles. The van der Waals surface area contributed by atoms with Crippen LogP contribution in [0.5, 0.6) is 0 Å². The van der Waals surface area contributed by atoms with Crippen LogP contribution in [0.2, 0.25) is 0 Å². The number of nitrogens with zero attached hydrogens (tertiary/aromatic N) is 1. The highest BCUT2D eigenvalue weighted by molar-refractivity contribution is 5.75. The number of carboxylic acid groups (broad SMARTS) is 1. The van der Waals surface area contributed by atoms with E-state index >= 15 is 0 Å². The van der Waals surface area contributed by atoms with Crippen molar-refractivity contribution in [1.82, 2.24) is 10.2 Å². The molecule has 0 aromatic heterocycles. The van der Waals surface area contributed by atoms with Crippen molar-refractivity contribution in [1.29, 1.82) is 0 Å². The predicted octanol–water partition coefficient (Wildman–Crippen LogP) is 1.05. The van der Waals surface area contributed by atoms with Crippen molar-refractivity contribution in [3.05, 3.63) is 0 Å². The number of aliphatic carboxylic acids is 1. The molecule has 5 nitrogen and oxygen atoms in total. The van der Waals surface area contributed by atoms with Gasteiger partial charge < -0.3 is 15.3 Å². The van der Waals surface area contributed by atoms with E-state index in [1.165, 1.54) is 0 Å². The van der Waals surface area contributed by atoms with E-state index in [1.807, 2.05) is 11.8 Å². The van der Waals surface area contributed by atoms with Crippen LogP contribution in [0, 0.1) is 0 Å². The Kier molecular flexibility index (Phi) is 4.39. The second-order valence-electron chi connectivity index (χ2n) is 3.80. The number of amides is 2. The van der Waals surface area contributed by atoms with Gasteiger partial charge >= 0.3 is 12.0 Å². The van der Waals surface area contributed by atoms with Crippen LogP contribution in [-0.4, -0.2) is 41.1 Å². The SMILES string of the molecule is CCCN(C(=O)NCCC(=O)O)C1CC1. The number of rotatable bonds is 6. The van der Waals surface area contributed by atoms with Crippen molar-refractivity contribution in [3.63, 3.8) is 0 Å². The Hall–Kier alpha value is -1.26. The maximum Gasteiger partial charge on any atom is 0.317 e. The summed E-state index contributed by atoms with van der Waals surface area (Å²) >= 11 is 0. The molecule has 0 aliphatic heterocycles. The molecular weight excluding hydrogens is 196 g/mol. The Morgan fingerprint density at radius 2 is 2.13 bits per heavy atom. The van der Waals surface area contributed by atoms with Gasteiger partial charge in [-0.25, -0.2) is 4.79 Å². The minimum Gasteiger partial charge on any atom is -0.481 e. The van der Waals surface area contributed by atoms with Crippen LogP contribution in [0.4, 0.5) is 4.79 Å². The highest BCUT2D eigenvalue weighted by Crippen LogP contribution is 2.26. The summed E-state index contributed by atoms with van der Waals surface area (Å²) in [5.41, 5.74) is 0. The lowest BCUT2D eigenvalue weighted by Gasteiger charge is -2.21. The van der Waals surface area contributed by atoms with Gasteiger partial charge in [0, 0.05) is 19.1 Å². The Bertz CT molecular complexity index is 239. The van der Waals surface area contributed by atoms with E-state index in [0.717, 1.165) is 25.8 Å². The molecular formula is C10H18N2O3. The molecule has 1 aliphatic carbocycles. The zero-order chi connectivity index (χ0) is 11.3. The molecule has 0 aromatic rings. The van der Waals surface area contributed by atoms with Crippen molar-refractivity contribution < 1.29 is 14.7 Å². The molecule has 0 saturated heterocycles. The summed E-state index contributed by atoms with van der Waals surface area (Å²) in [6, 6.07) is 0.260. The normalized spacial score (nSPS) is 14.7. The topological polar surface area (TPSA) is 69.6 Å². The van der Waals surface area contributed by atoms with Gasteiger partial charge in [-0.2, -0.15) is 0 Å². The first-order chi connectivity index (χ1) is 7.15. The van der Waals surface area contributed by atoms with Crippen molar-refractivity contribution in [3.8, 4) is 0 Å². The first-order valence-corrected chi connectivity index (χ1v) is 5.41. The Morgan fingerprint density at radius 1 is 1.47 bits per heavy atom. The summed E-state index contributed by atoms with van der Waals surface area (Å²) in [4.78, 5) is 23.7. The lowest BCUT2D eigenvalue weighted by atomic mass is 10.4. The van der Waals surface area contributed by atoms with Crippen LogP contribution in [0.25, 0.3) is 0 Å². The third kappa shape index (κ3) is 4.18. The molecule has 1 rings (SSSR count). The lowest BCUT2D eigenvalue weighted by Crippen LogP contribution is -2.42. The quantitative estimate of drug-likeness (QED) is 0.694. The number of hydrogen-bond donors (Lipinski definition) is 2. The minimum absolute atomic E-state index is 0.0175. The first kappa shape index (κ1) is 11.8. The van der Waals surface area contributed by atoms with Gasteiger partial charge in [-0.3, -0.25) is 4.79 Å². The van der Waals surface area contributed by atoms with E-state index in [1.54, 1.807) is 0 Å². The second-order valence-corrected chi connectivity index (χ2v) is 3.80. The van der Waals surface area contributed by atoms with Gasteiger partial charge in [-0.15, -0.1) is 0 Å². The van der Waals surface area contributed by atoms with Crippen LogP contribution in [0.1, 0.15) is 32.6 Å². The van der Waals surface area contributed by atoms with Gasteiger partial charge in [0.05, 0.1) is 6.42 Å². The monoisotopic (exact) mass is 214 g/mol. The number of carbonyl (C=O) groups is 2. The van der Waals surface area contributed by atoms with E-state index in [4.69, 9.17) is 5.11 Å². The number of carboxylic acids is 1. The molecule has 0 atom stereocenters. The molecule has 2 amide bonds. The number of hydrogen-bond acceptors (Lipinski definition) is 2. The van der Waals surface area contributed by atoms with Crippen LogP contribution in [-0.2, 0) is 4.79 Å². The molecule has 5 heteroatoms. The van der Waals surface area contributed by atoms with Crippen LogP contribution in [0.3, 0.4) is 0 Å². The fourth-order valence-corrected chi connectivity index (χ4v) is 1.45. The van der Waals surface area contributed by atoms with Crippen molar-refractivity contribution in [2.24, 2.45) is 0 Å². The fraction of sp³-hybridized carbons (Fsp3) is 0.800. The maximum atomic E-state index is 11.6. The Labute approximate surface area is 89.4 Å². The third-order valence-corrected chi connectivity index (χ3v) is 2.33. The highest BCUT2D eigenvalue weighted by atomic mass is 16.4. The van der Waals surface area contributed by atoms with Crippen LogP contribution >= 0.6 is 0 Å². The van der Waals surface area contributed by atoms with Crippen LogP contribution < -0.4 is 5.32 Å². The Balaban J connectivity index is 2.25. The van der Waals surface area contributed by atoms with E-state index < -0.39 is 5.97 Å². The Morgan fingerprint density at radius 3 is 2.60 bits per heavy atom. The van der Waals surface area contributed by atoms with Gasteiger partial charge in [-0.1, -0.05) is 6.92 Å². The van der Waals surface area contributed by atoms with Crippen molar-refractivity contribution in [2.75, 3.05) is 13.1 Å². The smallest absolute Gasteiger partial charge is 0.317 e. The summed E-state index contributed by atoms with van der Waals surface area (Å²) < 4.78 is 0. The minimum atomic E-state index is -0.885. The summed E-state index contributed by atoms with van der Waals surface area (Å²) in [6.45, 7) is 2.99. The molecule has 1 fully saturated rings. The largest absolute Gasteiger partial charge is 0.481 e. The highest BCUT2D eigenvalue weighted by Gasteiger charge is 2.31. The van der Waals surface area contributed by atoms with Gasteiger partial charge in [0.15, 0.2) is 0 Å². The van der Waals surface area contributed by atoms with E-state index in [9.17, 15) is 9.59 Å². The number of urea groups is 1. The standard InChI is InChI=1S/C10H18N2O3/c1-2-7-12(8-3-4-8)10(15)11-6-5-9(13)14/h8H,2-7H2,1H3,(H,11,15)(H,13,14). The van der Waals surface area contributed by atoms with E-state index in [0.29, 0.717) is 6.04 Å². The molecule has 0 radical (unpaired) electrons. The average Bonchev–Trinajstić information content (AvgIpc) is 2.96. The number of carbonyl (C=O) groups excluding carboxylic acids is 1. The van der Waals surface area contributed by atoms with E-state index in [-0.39, 0.29) is 19.0 Å². The molecule has 1 aliphatic rings. The zero-order valence-electron chi connectivity index (χ0n) is 9.03. The summed E-state index contributed by atoms with van der Waals surface area (Å²) in [7, 11) is 0. The van der Waals surface area contributed by atoms with Crippen molar-refractivity contribution in [2.45, 2.75) is 38.6 Å². The van der Waals surface area contributed by atoms with Gasteiger partial charge in [0.25, 0.3) is 0 Å². The molecule has 0 spiro atoms. The molecule has 2 N–H and O–H groups in total. The summed E-state index contributed by atoms with van der Waals surface area (Å²) in [5.74, 6) is -0.885. The average molecular weight is 214 g/mol. The summed E-state index contributed by atoms with van der Waals surface area (Å²) in [6.07, 6.45) is 3.07. The summed E-state index contributed by atoms with van der Waals surface area (Å²) in [5, 5.41) is 11.1. The van der Waals surface area contributed by atoms with Gasteiger partial charge in [-0.05, 0) is 19.3 Å². The van der Waals surface area contributed by atoms with Gasteiger partial charge in [0.2, 0.25) is 0 Å². The maximum absolute atomic E-state index is 11.6. The molecule has 0 heterocycles. The van der Waals surface area contributed by atoms with Gasteiger partial charge in [0.1, 0.15) is 0 Å².